The maximum absolute atomic E-state index is 10.6. The van der Waals surface area contributed by atoms with Gasteiger partial charge in [0.05, 0.1) is 13.2 Å². The van der Waals surface area contributed by atoms with Gasteiger partial charge >= 0.3 is 0 Å². The van der Waals surface area contributed by atoms with Gasteiger partial charge in [0, 0.05) is 34.0 Å². The number of halogens is 1. The van der Waals surface area contributed by atoms with Gasteiger partial charge < -0.3 is 14.4 Å². The van der Waals surface area contributed by atoms with E-state index in [1.165, 1.54) is 61.5 Å². The monoisotopic (exact) mass is 405 g/mol. The quantitative estimate of drug-likeness (QED) is 0.704. The Kier molecular flexibility index (Phi) is 5.21. The molecule has 1 aromatic carbocycles. The van der Waals surface area contributed by atoms with Crippen LogP contribution >= 0.6 is 15.9 Å². The van der Waals surface area contributed by atoms with Gasteiger partial charge in [-0.25, -0.2) is 0 Å². The molecule has 1 aromatic heterocycles. The summed E-state index contributed by atoms with van der Waals surface area (Å²) in [7, 11) is 0. The van der Waals surface area contributed by atoms with Crippen LogP contribution in [0.5, 0.6) is 0 Å². The summed E-state index contributed by atoms with van der Waals surface area (Å²) in [6, 6.07) is 8.67. The standard InChI is InChI=1S/C21H28BrNO2/c22-19-8-5-9-20-18(19)12-17(13-21(24)14-25-15-21)23(20)11-10-16-6-3-1-2-4-7-16/h5,8-9,12,16,24H,1-4,6-7,10-11,13-15H2. The number of fused-ring (bicyclic) bond motifs is 1. The molecule has 136 valence electrons. The van der Waals surface area contributed by atoms with Crippen LogP contribution in [0.15, 0.2) is 28.7 Å². The van der Waals surface area contributed by atoms with E-state index < -0.39 is 5.60 Å². The van der Waals surface area contributed by atoms with Crippen LogP contribution in [0.25, 0.3) is 10.9 Å². The first-order valence-corrected chi connectivity index (χ1v) is 10.5. The van der Waals surface area contributed by atoms with E-state index in [1.54, 1.807) is 0 Å². The number of hydrogen-bond acceptors (Lipinski definition) is 2. The number of aryl methyl sites for hydroxylation is 1. The van der Waals surface area contributed by atoms with E-state index in [9.17, 15) is 5.11 Å². The smallest absolute Gasteiger partial charge is 0.117 e. The molecular weight excluding hydrogens is 378 g/mol. The van der Waals surface area contributed by atoms with Crippen LogP contribution in [0, 0.1) is 5.92 Å². The topological polar surface area (TPSA) is 34.4 Å². The van der Waals surface area contributed by atoms with Crippen LogP contribution in [0.1, 0.15) is 50.6 Å². The summed E-state index contributed by atoms with van der Waals surface area (Å²) >= 11 is 3.69. The largest absolute Gasteiger partial charge is 0.385 e. The SMILES string of the molecule is OC1(Cc2cc3c(Br)cccc3n2CCC2CCCCCC2)COC1. The van der Waals surface area contributed by atoms with Crippen LogP contribution < -0.4 is 0 Å². The van der Waals surface area contributed by atoms with Gasteiger partial charge in [0.25, 0.3) is 0 Å². The lowest BCUT2D eigenvalue weighted by Crippen LogP contribution is -2.51. The van der Waals surface area contributed by atoms with E-state index in [0.29, 0.717) is 19.6 Å². The number of hydrogen-bond donors (Lipinski definition) is 1. The molecule has 2 fully saturated rings. The highest BCUT2D eigenvalue weighted by Crippen LogP contribution is 2.32. The van der Waals surface area contributed by atoms with Gasteiger partial charge in [0.15, 0.2) is 0 Å². The van der Waals surface area contributed by atoms with Gasteiger partial charge in [0.1, 0.15) is 5.60 Å². The second-order valence-corrected chi connectivity index (χ2v) is 8.85. The molecule has 2 heterocycles. The summed E-state index contributed by atoms with van der Waals surface area (Å²) in [5.41, 5.74) is 1.84. The lowest BCUT2D eigenvalue weighted by Gasteiger charge is -2.36. The summed E-state index contributed by atoms with van der Waals surface area (Å²) in [6.07, 6.45) is 10.3. The maximum Gasteiger partial charge on any atom is 0.117 e. The third-order valence-electron chi connectivity index (χ3n) is 5.97. The van der Waals surface area contributed by atoms with E-state index >= 15 is 0 Å². The molecule has 1 saturated heterocycles. The summed E-state index contributed by atoms with van der Waals surface area (Å²) in [6.45, 7) is 1.97. The number of benzene rings is 1. The van der Waals surface area contributed by atoms with Crippen molar-refractivity contribution in [1.29, 1.82) is 0 Å². The Morgan fingerprint density at radius 2 is 1.92 bits per heavy atom. The maximum atomic E-state index is 10.6. The van der Waals surface area contributed by atoms with Crippen LogP contribution in [-0.2, 0) is 17.7 Å². The molecule has 2 aromatic rings. The van der Waals surface area contributed by atoms with Crippen molar-refractivity contribution < 1.29 is 9.84 Å². The molecule has 0 radical (unpaired) electrons. The van der Waals surface area contributed by atoms with Crippen LogP contribution in [0.4, 0.5) is 0 Å². The second-order valence-electron chi connectivity index (χ2n) is 8.00. The molecular formula is C21H28BrNO2. The Hall–Kier alpha value is -0.840. The molecule has 1 aliphatic carbocycles. The predicted octanol–water partition coefficient (Wildman–Crippen LogP) is 5.07. The molecule has 1 saturated carbocycles. The minimum absolute atomic E-state index is 0.457. The van der Waals surface area contributed by atoms with Crippen molar-refractivity contribution in [2.45, 2.75) is 63.5 Å². The van der Waals surface area contributed by atoms with E-state index in [0.717, 1.165) is 16.9 Å². The lowest BCUT2D eigenvalue weighted by atomic mass is 9.95. The first kappa shape index (κ1) is 17.6. The molecule has 4 rings (SSSR count). The molecule has 0 unspecified atom stereocenters. The van der Waals surface area contributed by atoms with Crippen molar-refractivity contribution >= 4 is 26.8 Å². The van der Waals surface area contributed by atoms with Crippen molar-refractivity contribution in [2.75, 3.05) is 13.2 Å². The summed E-state index contributed by atoms with van der Waals surface area (Å²) < 4.78 is 8.83. The molecule has 2 aliphatic rings. The fourth-order valence-electron chi connectivity index (χ4n) is 4.45. The molecule has 1 N–H and O–H groups in total. The van der Waals surface area contributed by atoms with Crippen LogP contribution in [0.3, 0.4) is 0 Å². The zero-order chi connectivity index (χ0) is 17.3. The van der Waals surface area contributed by atoms with Crippen LogP contribution in [0.2, 0.25) is 0 Å². The minimum Gasteiger partial charge on any atom is -0.385 e. The average molecular weight is 406 g/mol. The first-order chi connectivity index (χ1) is 12.1. The number of aliphatic hydroxyl groups is 1. The molecule has 3 nitrogen and oxygen atoms in total. The highest BCUT2D eigenvalue weighted by Gasteiger charge is 2.37. The molecule has 4 heteroatoms. The van der Waals surface area contributed by atoms with Gasteiger partial charge in [-0.3, -0.25) is 0 Å². The van der Waals surface area contributed by atoms with Crippen LogP contribution in [-0.4, -0.2) is 28.5 Å². The minimum atomic E-state index is -0.680. The van der Waals surface area contributed by atoms with Crippen molar-refractivity contribution in [3.63, 3.8) is 0 Å². The lowest BCUT2D eigenvalue weighted by molar-refractivity contribution is -0.177. The van der Waals surface area contributed by atoms with Crippen molar-refractivity contribution in [3.8, 4) is 0 Å². The fourth-order valence-corrected chi connectivity index (χ4v) is 4.93. The Labute approximate surface area is 158 Å². The first-order valence-electron chi connectivity index (χ1n) is 9.71. The van der Waals surface area contributed by atoms with Gasteiger partial charge in [0.2, 0.25) is 0 Å². The Balaban J connectivity index is 1.59. The van der Waals surface area contributed by atoms with Gasteiger partial charge in [-0.2, -0.15) is 0 Å². The predicted molar refractivity (Wildman–Crippen MR) is 105 cm³/mol. The molecule has 0 atom stereocenters. The Morgan fingerprint density at radius 1 is 1.16 bits per heavy atom. The van der Waals surface area contributed by atoms with Crippen molar-refractivity contribution in [1.82, 2.24) is 4.57 Å². The van der Waals surface area contributed by atoms with E-state index in [4.69, 9.17) is 4.74 Å². The van der Waals surface area contributed by atoms with E-state index in [1.807, 2.05) is 0 Å². The highest BCUT2D eigenvalue weighted by atomic mass is 79.9. The average Bonchev–Trinajstić information content (AvgIpc) is 2.74. The molecule has 25 heavy (non-hydrogen) atoms. The highest BCUT2D eigenvalue weighted by molar-refractivity contribution is 9.10. The molecule has 0 spiro atoms. The summed E-state index contributed by atoms with van der Waals surface area (Å²) in [4.78, 5) is 0. The number of nitrogens with zero attached hydrogens (tertiary/aromatic N) is 1. The Bertz CT molecular complexity index is 727. The second kappa shape index (κ2) is 7.42. The third kappa shape index (κ3) is 3.81. The van der Waals surface area contributed by atoms with Gasteiger partial charge in [-0.1, -0.05) is 60.5 Å². The molecule has 1 aliphatic heterocycles. The third-order valence-corrected chi connectivity index (χ3v) is 6.66. The van der Waals surface area contributed by atoms with E-state index in [-0.39, 0.29) is 0 Å². The molecule has 0 bridgehead atoms. The number of aromatic nitrogens is 1. The zero-order valence-corrected chi connectivity index (χ0v) is 16.4. The number of ether oxygens (including phenoxy) is 1. The van der Waals surface area contributed by atoms with Crippen molar-refractivity contribution in [3.05, 3.63) is 34.4 Å². The Morgan fingerprint density at radius 3 is 2.60 bits per heavy atom. The van der Waals surface area contributed by atoms with Crippen molar-refractivity contribution in [2.24, 2.45) is 5.92 Å². The van der Waals surface area contributed by atoms with Gasteiger partial charge in [-0.15, -0.1) is 0 Å². The number of rotatable bonds is 5. The normalized spacial score (nSPS) is 21.2. The summed E-state index contributed by atoms with van der Waals surface area (Å²) in [5, 5.41) is 11.8. The zero-order valence-electron chi connectivity index (χ0n) is 14.8. The van der Waals surface area contributed by atoms with E-state index in [2.05, 4.69) is 44.8 Å². The molecule has 0 amide bonds. The van der Waals surface area contributed by atoms with Gasteiger partial charge in [-0.05, 0) is 30.5 Å². The fraction of sp³-hybridized carbons (Fsp3) is 0.619. The summed E-state index contributed by atoms with van der Waals surface area (Å²) in [5.74, 6) is 0.857.